The summed E-state index contributed by atoms with van der Waals surface area (Å²) in [4.78, 5) is 0. The minimum absolute atomic E-state index is 0.833. The molecule has 0 saturated carbocycles. The fraction of sp³-hybridized carbons (Fsp3) is 0.333. The van der Waals surface area contributed by atoms with Gasteiger partial charge in [-0.2, -0.15) is 0 Å². The van der Waals surface area contributed by atoms with E-state index in [1.807, 2.05) is 0 Å². The lowest BCUT2D eigenvalue weighted by Gasteiger charge is -2.18. The average molecular weight is 238 g/mol. The zero-order valence-corrected chi connectivity index (χ0v) is 11.6. The van der Waals surface area contributed by atoms with E-state index in [9.17, 15) is 0 Å². The maximum Gasteiger partial charge on any atom is -0.00201 e. The summed E-state index contributed by atoms with van der Waals surface area (Å²) in [6.07, 6.45) is 2.21. The monoisotopic (exact) mass is 238 g/mol. The van der Waals surface area contributed by atoms with Gasteiger partial charge in [0, 0.05) is 0 Å². The SMILES string of the molecule is CC(C)C.c1ccc2c(c1)Cc1ccccc1C2. The van der Waals surface area contributed by atoms with E-state index in [1.165, 1.54) is 22.3 Å². The number of hydrogen-bond acceptors (Lipinski definition) is 0. The molecule has 0 saturated heterocycles. The molecule has 0 aromatic heterocycles. The van der Waals surface area contributed by atoms with E-state index < -0.39 is 0 Å². The van der Waals surface area contributed by atoms with Gasteiger partial charge in [-0.15, -0.1) is 0 Å². The van der Waals surface area contributed by atoms with E-state index in [1.54, 1.807) is 0 Å². The van der Waals surface area contributed by atoms with Crippen LogP contribution in [0.2, 0.25) is 0 Å². The number of hydrogen-bond donors (Lipinski definition) is 0. The summed E-state index contributed by atoms with van der Waals surface area (Å²) < 4.78 is 0. The van der Waals surface area contributed by atoms with Gasteiger partial charge >= 0.3 is 0 Å². The maximum atomic E-state index is 2.24. The Labute approximate surface area is 111 Å². The highest BCUT2D eigenvalue weighted by Gasteiger charge is 2.12. The van der Waals surface area contributed by atoms with Crippen molar-refractivity contribution < 1.29 is 0 Å². The molecule has 18 heavy (non-hydrogen) atoms. The topological polar surface area (TPSA) is 0 Å². The molecule has 94 valence electrons. The Morgan fingerprint density at radius 2 is 0.833 bits per heavy atom. The van der Waals surface area contributed by atoms with Crippen molar-refractivity contribution in [3.63, 3.8) is 0 Å². The van der Waals surface area contributed by atoms with Crippen molar-refractivity contribution in [2.45, 2.75) is 33.6 Å². The van der Waals surface area contributed by atoms with Crippen LogP contribution in [0.15, 0.2) is 48.5 Å². The van der Waals surface area contributed by atoms with E-state index in [0.717, 1.165) is 18.8 Å². The zero-order valence-electron chi connectivity index (χ0n) is 11.6. The van der Waals surface area contributed by atoms with Gasteiger partial charge in [-0.05, 0) is 41.0 Å². The lowest BCUT2D eigenvalue weighted by atomic mass is 9.86. The Morgan fingerprint density at radius 1 is 0.611 bits per heavy atom. The van der Waals surface area contributed by atoms with Crippen LogP contribution in [0.25, 0.3) is 0 Å². The molecule has 2 aromatic rings. The van der Waals surface area contributed by atoms with Gasteiger partial charge in [0.2, 0.25) is 0 Å². The Balaban J connectivity index is 0.000000267. The molecule has 0 N–H and O–H groups in total. The zero-order chi connectivity index (χ0) is 13.0. The second-order valence-corrected chi connectivity index (χ2v) is 5.62. The Hall–Kier alpha value is -1.56. The van der Waals surface area contributed by atoms with E-state index >= 15 is 0 Å². The molecule has 0 spiro atoms. The smallest absolute Gasteiger partial charge is 0.00201 e. The van der Waals surface area contributed by atoms with Gasteiger partial charge in [0.15, 0.2) is 0 Å². The van der Waals surface area contributed by atoms with E-state index in [4.69, 9.17) is 0 Å². The van der Waals surface area contributed by atoms with Gasteiger partial charge in [-0.1, -0.05) is 69.3 Å². The van der Waals surface area contributed by atoms with Crippen LogP contribution in [0.4, 0.5) is 0 Å². The summed E-state index contributed by atoms with van der Waals surface area (Å²) >= 11 is 0. The van der Waals surface area contributed by atoms with Crippen molar-refractivity contribution in [3.8, 4) is 0 Å². The summed E-state index contributed by atoms with van der Waals surface area (Å²) in [6.45, 7) is 6.50. The van der Waals surface area contributed by atoms with Crippen LogP contribution in [0.1, 0.15) is 43.0 Å². The van der Waals surface area contributed by atoms with Crippen molar-refractivity contribution in [1.29, 1.82) is 0 Å². The van der Waals surface area contributed by atoms with Crippen LogP contribution in [0.3, 0.4) is 0 Å². The van der Waals surface area contributed by atoms with Gasteiger partial charge < -0.3 is 0 Å². The molecule has 0 heterocycles. The van der Waals surface area contributed by atoms with Crippen molar-refractivity contribution in [2.24, 2.45) is 5.92 Å². The number of fused-ring (bicyclic) bond motifs is 2. The minimum atomic E-state index is 0.833. The quantitative estimate of drug-likeness (QED) is 0.525. The molecule has 1 aliphatic rings. The van der Waals surface area contributed by atoms with Gasteiger partial charge in [0.05, 0.1) is 0 Å². The van der Waals surface area contributed by atoms with Gasteiger partial charge in [0.25, 0.3) is 0 Å². The molecule has 0 heteroatoms. The Kier molecular flexibility index (Phi) is 4.19. The first-order chi connectivity index (χ1) is 8.66. The largest absolute Gasteiger partial charge is 0.0630 e. The highest BCUT2D eigenvalue weighted by Crippen LogP contribution is 2.26. The molecule has 1 aliphatic carbocycles. The summed E-state index contributed by atoms with van der Waals surface area (Å²) in [6, 6.07) is 17.5. The first-order valence-electron chi connectivity index (χ1n) is 6.80. The molecule has 0 atom stereocenters. The first-order valence-corrected chi connectivity index (χ1v) is 6.80. The lowest BCUT2D eigenvalue weighted by Crippen LogP contribution is -2.06. The van der Waals surface area contributed by atoms with Crippen LogP contribution < -0.4 is 0 Å². The summed E-state index contributed by atoms with van der Waals surface area (Å²) in [7, 11) is 0. The lowest BCUT2D eigenvalue weighted by molar-refractivity contribution is 0.737. The second kappa shape index (κ2) is 5.86. The highest BCUT2D eigenvalue weighted by molar-refractivity contribution is 5.44. The van der Waals surface area contributed by atoms with Gasteiger partial charge in [0.1, 0.15) is 0 Å². The van der Waals surface area contributed by atoms with Gasteiger partial charge in [-0.25, -0.2) is 0 Å². The van der Waals surface area contributed by atoms with Crippen molar-refractivity contribution in [2.75, 3.05) is 0 Å². The van der Waals surface area contributed by atoms with E-state index in [0.29, 0.717) is 0 Å². The Bertz CT molecular complexity index is 419. The molecular formula is C18H22. The first kappa shape index (κ1) is 12.9. The molecule has 2 aromatic carbocycles. The molecule has 0 unspecified atom stereocenters. The fourth-order valence-corrected chi connectivity index (χ4v) is 2.22. The highest BCUT2D eigenvalue weighted by atomic mass is 14.2. The molecule has 0 nitrogen and oxygen atoms in total. The number of benzene rings is 2. The summed E-state index contributed by atoms with van der Waals surface area (Å²) in [5, 5.41) is 0. The predicted octanol–water partition coefficient (Wildman–Crippen LogP) is 4.84. The second-order valence-electron chi connectivity index (χ2n) is 5.62. The minimum Gasteiger partial charge on any atom is -0.0630 e. The molecular weight excluding hydrogens is 216 g/mol. The van der Waals surface area contributed by atoms with E-state index in [2.05, 4.69) is 69.3 Å². The Morgan fingerprint density at radius 3 is 1.06 bits per heavy atom. The molecule has 0 aliphatic heterocycles. The molecule has 0 fully saturated rings. The third-order valence-corrected chi connectivity index (χ3v) is 3.00. The molecule has 0 bridgehead atoms. The summed E-state index contributed by atoms with van der Waals surface area (Å²) in [5.41, 5.74) is 5.97. The summed E-state index contributed by atoms with van der Waals surface area (Å²) in [5.74, 6) is 0.833. The molecule has 3 rings (SSSR count). The van der Waals surface area contributed by atoms with Crippen LogP contribution in [-0.2, 0) is 12.8 Å². The standard InChI is InChI=1S/C14H12.C4H10/c1-2-6-12-10-14-8-4-3-7-13(14)9-11(12)5-1;1-4(2)3/h1-8H,9-10H2;4H,1-3H3. The number of rotatable bonds is 0. The average Bonchev–Trinajstić information content (AvgIpc) is 2.35. The predicted molar refractivity (Wildman–Crippen MR) is 79.0 cm³/mol. The third kappa shape index (κ3) is 3.22. The third-order valence-electron chi connectivity index (χ3n) is 3.00. The van der Waals surface area contributed by atoms with Crippen LogP contribution in [0.5, 0.6) is 0 Å². The normalized spacial score (nSPS) is 12.2. The van der Waals surface area contributed by atoms with Crippen molar-refractivity contribution >= 4 is 0 Å². The van der Waals surface area contributed by atoms with Crippen LogP contribution >= 0.6 is 0 Å². The van der Waals surface area contributed by atoms with Crippen LogP contribution in [0, 0.1) is 5.92 Å². The molecule has 0 radical (unpaired) electrons. The van der Waals surface area contributed by atoms with Crippen molar-refractivity contribution in [3.05, 3.63) is 70.8 Å². The maximum absolute atomic E-state index is 2.24. The fourth-order valence-electron chi connectivity index (χ4n) is 2.22. The van der Waals surface area contributed by atoms with Crippen molar-refractivity contribution in [1.82, 2.24) is 0 Å². The van der Waals surface area contributed by atoms with Gasteiger partial charge in [-0.3, -0.25) is 0 Å². The molecule has 0 amide bonds. The van der Waals surface area contributed by atoms with Crippen LogP contribution in [-0.4, -0.2) is 0 Å². The van der Waals surface area contributed by atoms with E-state index in [-0.39, 0.29) is 0 Å².